The van der Waals surface area contributed by atoms with Gasteiger partial charge in [-0.2, -0.15) is 10.5 Å². The molecule has 0 bridgehead atoms. The third-order valence-corrected chi connectivity index (χ3v) is 6.88. The van der Waals surface area contributed by atoms with Gasteiger partial charge in [0.2, 0.25) is 10.0 Å². The molecular weight excluding hydrogens is 270 g/mol. The molecule has 1 atom stereocenters. The molecule has 0 N–H and O–H groups in total. The number of rotatable bonds is 4. The number of sulfonamides is 1. The van der Waals surface area contributed by atoms with E-state index in [2.05, 4.69) is 6.07 Å². The highest BCUT2D eigenvalue weighted by molar-refractivity contribution is 8.00. The minimum atomic E-state index is -3.54. The lowest BCUT2D eigenvalue weighted by Gasteiger charge is -2.36. The highest BCUT2D eigenvalue weighted by Crippen LogP contribution is 2.35. The van der Waals surface area contributed by atoms with Gasteiger partial charge in [0.25, 0.3) is 0 Å². The first kappa shape index (κ1) is 15.3. The number of thioether (sulfide) groups is 1. The van der Waals surface area contributed by atoms with Crippen molar-refractivity contribution in [1.82, 2.24) is 4.31 Å². The largest absolute Gasteiger partial charge is 0.230 e. The quantitative estimate of drug-likeness (QED) is 0.779. The zero-order valence-electron chi connectivity index (χ0n) is 10.6. The lowest BCUT2D eigenvalue weighted by atomic mass is 9.99. The summed E-state index contributed by atoms with van der Waals surface area (Å²) in [6, 6.07) is 4.11. The van der Waals surface area contributed by atoms with E-state index in [0.29, 0.717) is 32.4 Å². The maximum absolute atomic E-state index is 12.1. The molecule has 0 radical (unpaired) electrons. The number of hydrogen-bond acceptors (Lipinski definition) is 5. The molecule has 0 amide bonds. The topological polar surface area (TPSA) is 85.0 Å². The normalized spacial score (nSPS) is 21.8. The molecule has 1 fully saturated rings. The van der Waals surface area contributed by atoms with E-state index in [-0.39, 0.29) is 0 Å². The Hall–Kier alpha value is -0.760. The van der Waals surface area contributed by atoms with Gasteiger partial charge in [0.05, 0.1) is 12.1 Å². The van der Waals surface area contributed by atoms with Crippen molar-refractivity contribution in [3.8, 4) is 12.1 Å². The average molecular weight is 287 g/mol. The van der Waals surface area contributed by atoms with Crippen molar-refractivity contribution in [3.63, 3.8) is 0 Å². The van der Waals surface area contributed by atoms with Crippen LogP contribution >= 0.6 is 11.8 Å². The van der Waals surface area contributed by atoms with Crippen molar-refractivity contribution in [3.05, 3.63) is 0 Å². The summed E-state index contributed by atoms with van der Waals surface area (Å²) in [5.74, 6) is 0. The molecule has 7 heteroatoms. The van der Waals surface area contributed by atoms with E-state index in [4.69, 9.17) is 10.5 Å². The number of nitrogens with zero attached hydrogens (tertiary/aromatic N) is 3. The monoisotopic (exact) mass is 287 g/mol. The van der Waals surface area contributed by atoms with Gasteiger partial charge in [0, 0.05) is 13.1 Å². The standard InChI is InChI=1S/C11H17N3O2S2/c1-3-10(8-12)18(15,16)14-6-4-11(9-13,17-2)5-7-14/h10H,3-7H2,1-2H3. The summed E-state index contributed by atoms with van der Waals surface area (Å²) in [6.45, 7) is 2.35. The van der Waals surface area contributed by atoms with Gasteiger partial charge in [-0.25, -0.2) is 12.7 Å². The van der Waals surface area contributed by atoms with Crippen molar-refractivity contribution in [2.24, 2.45) is 0 Å². The third-order valence-electron chi connectivity index (χ3n) is 3.36. The van der Waals surface area contributed by atoms with Crippen LogP contribution in [0.15, 0.2) is 0 Å². The minimum absolute atomic E-state index is 0.293. The molecule has 0 aromatic heterocycles. The second-order valence-corrected chi connectivity index (χ2v) is 7.59. The fraction of sp³-hybridized carbons (Fsp3) is 0.818. The molecule has 0 spiro atoms. The average Bonchev–Trinajstić information content (AvgIpc) is 2.40. The summed E-state index contributed by atoms with van der Waals surface area (Å²) in [7, 11) is -3.54. The fourth-order valence-electron chi connectivity index (χ4n) is 2.01. The molecule has 1 aliphatic heterocycles. The smallest absolute Gasteiger partial charge is 0.211 e. The van der Waals surface area contributed by atoms with Gasteiger partial charge in [0.15, 0.2) is 5.25 Å². The van der Waals surface area contributed by atoms with Crippen LogP contribution in [0.5, 0.6) is 0 Å². The van der Waals surface area contributed by atoms with Crippen LogP contribution < -0.4 is 0 Å². The van der Waals surface area contributed by atoms with Crippen LogP contribution in [0.25, 0.3) is 0 Å². The Morgan fingerprint density at radius 2 is 1.94 bits per heavy atom. The maximum atomic E-state index is 12.1. The van der Waals surface area contributed by atoms with Crippen LogP contribution in [-0.4, -0.2) is 42.1 Å². The predicted molar refractivity (Wildman–Crippen MR) is 71.3 cm³/mol. The summed E-state index contributed by atoms with van der Waals surface area (Å²) >= 11 is 1.48. The van der Waals surface area contributed by atoms with Crippen LogP contribution in [0.3, 0.4) is 0 Å². The number of hydrogen-bond donors (Lipinski definition) is 0. The van der Waals surface area contributed by atoms with Crippen molar-refractivity contribution in [2.45, 2.75) is 36.2 Å². The van der Waals surface area contributed by atoms with Crippen molar-refractivity contribution in [2.75, 3.05) is 19.3 Å². The summed E-state index contributed by atoms with van der Waals surface area (Å²) in [6.07, 6.45) is 3.20. The second kappa shape index (κ2) is 5.92. The van der Waals surface area contributed by atoms with E-state index in [9.17, 15) is 8.42 Å². The molecule has 0 aliphatic carbocycles. The Kier molecular flexibility index (Phi) is 5.03. The van der Waals surface area contributed by atoms with Crippen molar-refractivity contribution in [1.29, 1.82) is 10.5 Å². The van der Waals surface area contributed by atoms with Gasteiger partial charge in [-0.1, -0.05) is 6.92 Å². The van der Waals surface area contributed by atoms with E-state index in [1.807, 2.05) is 12.3 Å². The van der Waals surface area contributed by atoms with Gasteiger partial charge < -0.3 is 0 Å². The summed E-state index contributed by atoms with van der Waals surface area (Å²) < 4.78 is 25.2. The molecule has 0 aromatic rings. The SMILES string of the molecule is CCC(C#N)S(=O)(=O)N1CCC(C#N)(SC)CC1. The van der Waals surface area contributed by atoms with Crippen molar-refractivity contribution >= 4 is 21.8 Å². The predicted octanol–water partition coefficient (Wildman–Crippen LogP) is 1.34. The van der Waals surface area contributed by atoms with Gasteiger partial charge in [-0.05, 0) is 25.5 Å². The van der Waals surface area contributed by atoms with Crippen molar-refractivity contribution < 1.29 is 8.42 Å². The highest BCUT2D eigenvalue weighted by atomic mass is 32.2. The minimum Gasteiger partial charge on any atom is -0.211 e. The summed E-state index contributed by atoms with van der Waals surface area (Å²) in [5, 5.41) is 17.0. The Labute approximate surface area is 113 Å². The van der Waals surface area contributed by atoms with Gasteiger partial charge in [0.1, 0.15) is 4.75 Å². The molecule has 18 heavy (non-hydrogen) atoms. The maximum Gasteiger partial charge on any atom is 0.230 e. The molecule has 0 saturated carbocycles. The van der Waals surface area contributed by atoms with Gasteiger partial charge in [-0.3, -0.25) is 0 Å². The van der Waals surface area contributed by atoms with E-state index in [1.54, 1.807) is 6.92 Å². The molecule has 1 heterocycles. The first-order valence-electron chi connectivity index (χ1n) is 5.80. The number of nitriles is 2. The van der Waals surface area contributed by atoms with E-state index < -0.39 is 20.0 Å². The van der Waals surface area contributed by atoms with Crippen LogP contribution in [0.2, 0.25) is 0 Å². The van der Waals surface area contributed by atoms with E-state index in [0.717, 1.165) is 0 Å². The lowest BCUT2D eigenvalue weighted by Crippen LogP contribution is -2.47. The first-order chi connectivity index (χ1) is 8.45. The van der Waals surface area contributed by atoms with E-state index in [1.165, 1.54) is 16.1 Å². The lowest BCUT2D eigenvalue weighted by molar-refractivity contribution is 0.325. The van der Waals surface area contributed by atoms with Crippen LogP contribution in [-0.2, 0) is 10.0 Å². The Bertz CT molecular complexity index is 467. The van der Waals surface area contributed by atoms with Crippen LogP contribution in [0.4, 0.5) is 0 Å². The number of piperidine rings is 1. The van der Waals surface area contributed by atoms with Crippen LogP contribution in [0.1, 0.15) is 26.2 Å². The third kappa shape index (κ3) is 2.80. The molecular formula is C11H17N3O2S2. The first-order valence-corrected chi connectivity index (χ1v) is 8.53. The zero-order valence-corrected chi connectivity index (χ0v) is 12.2. The second-order valence-electron chi connectivity index (χ2n) is 4.28. The molecule has 0 aromatic carbocycles. The molecule has 1 saturated heterocycles. The van der Waals surface area contributed by atoms with Crippen LogP contribution in [0, 0.1) is 22.7 Å². The molecule has 5 nitrogen and oxygen atoms in total. The molecule has 1 unspecified atom stereocenters. The Morgan fingerprint density at radius 3 is 2.28 bits per heavy atom. The molecule has 1 aliphatic rings. The molecule has 1 rings (SSSR count). The summed E-state index contributed by atoms with van der Waals surface area (Å²) in [4.78, 5) is 0. The Morgan fingerprint density at radius 1 is 1.39 bits per heavy atom. The zero-order chi connectivity index (χ0) is 13.8. The highest BCUT2D eigenvalue weighted by Gasteiger charge is 2.40. The van der Waals surface area contributed by atoms with Gasteiger partial charge in [-0.15, -0.1) is 11.8 Å². The Balaban J connectivity index is 2.81. The van der Waals surface area contributed by atoms with E-state index >= 15 is 0 Å². The molecule has 100 valence electrons. The fourth-order valence-corrected chi connectivity index (χ4v) is 4.30. The van der Waals surface area contributed by atoms with Gasteiger partial charge >= 0.3 is 0 Å². The summed E-state index contributed by atoms with van der Waals surface area (Å²) in [5.41, 5.74) is 0.